The molecule has 0 aromatic heterocycles. The van der Waals surface area contributed by atoms with Gasteiger partial charge in [-0.3, -0.25) is 4.79 Å². The van der Waals surface area contributed by atoms with Crippen molar-refractivity contribution in [1.82, 2.24) is 10.6 Å². The van der Waals surface area contributed by atoms with E-state index in [0.717, 1.165) is 30.4 Å². The van der Waals surface area contributed by atoms with Crippen molar-refractivity contribution in [3.63, 3.8) is 0 Å². The molecule has 2 rings (SSSR count). The lowest BCUT2D eigenvalue weighted by molar-refractivity contribution is 0.0930. The summed E-state index contributed by atoms with van der Waals surface area (Å²) in [5, 5.41) is 6.83. The molecule has 0 saturated carbocycles. The van der Waals surface area contributed by atoms with Crippen LogP contribution in [0.15, 0.2) is 22.7 Å². The number of nitrogens with one attached hydrogen (secondary N) is 2. The van der Waals surface area contributed by atoms with Crippen LogP contribution in [0.2, 0.25) is 5.02 Å². The molecule has 1 aliphatic rings. The predicted molar refractivity (Wildman–Crippen MR) is 72.5 cm³/mol. The zero-order valence-corrected chi connectivity index (χ0v) is 11.6. The molecule has 1 unspecified atom stereocenters. The van der Waals surface area contributed by atoms with Gasteiger partial charge in [-0.2, -0.15) is 0 Å². The molecule has 0 aliphatic carbocycles. The monoisotopic (exact) mass is 316 g/mol. The van der Waals surface area contributed by atoms with Gasteiger partial charge in [0, 0.05) is 27.6 Å². The molecule has 1 fully saturated rings. The first-order chi connectivity index (χ1) is 8.15. The SMILES string of the molecule is O=C(NC1CCCNC1)c1cc(Cl)cc(Br)c1. The summed E-state index contributed by atoms with van der Waals surface area (Å²) in [4.78, 5) is 12.0. The Balaban J connectivity index is 2.03. The molecule has 1 saturated heterocycles. The van der Waals surface area contributed by atoms with Gasteiger partial charge in [0.05, 0.1) is 0 Å². The van der Waals surface area contributed by atoms with Gasteiger partial charge in [-0.25, -0.2) is 0 Å². The Morgan fingerprint density at radius 2 is 2.29 bits per heavy atom. The summed E-state index contributed by atoms with van der Waals surface area (Å²) in [6.45, 7) is 1.88. The van der Waals surface area contributed by atoms with Crippen LogP contribution in [-0.2, 0) is 0 Å². The number of piperidine rings is 1. The van der Waals surface area contributed by atoms with Gasteiger partial charge in [0.2, 0.25) is 0 Å². The third kappa shape index (κ3) is 3.69. The minimum atomic E-state index is -0.0677. The molecule has 2 N–H and O–H groups in total. The maximum Gasteiger partial charge on any atom is 0.251 e. The highest BCUT2D eigenvalue weighted by atomic mass is 79.9. The van der Waals surface area contributed by atoms with Crippen LogP contribution in [0.3, 0.4) is 0 Å². The van der Waals surface area contributed by atoms with Gasteiger partial charge in [-0.1, -0.05) is 27.5 Å². The lowest BCUT2D eigenvalue weighted by Crippen LogP contribution is -2.45. The number of carbonyl (C=O) groups excluding carboxylic acids is 1. The maximum absolute atomic E-state index is 12.0. The Labute approximate surface area is 114 Å². The van der Waals surface area contributed by atoms with E-state index in [9.17, 15) is 4.79 Å². The number of benzene rings is 1. The Kier molecular flexibility index (Phi) is 4.42. The third-order valence-corrected chi connectivity index (χ3v) is 3.43. The van der Waals surface area contributed by atoms with Crippen LogP contribution >= 0.6 is 27.5 Å². The highest BCUT2D eigenvalue weighted by molar-refractivity contribution is 9.10. The molecule has 0 spiro atoms. The quantitative estimate of drug-likeness (QED) is 0.880. The first kappa shape index (κ1) is 12.9. The Hall–Kier alpha value is -0.580. The standard InChI is InChI=1S/C12H14BrClN2O/c13-9-4-8(5-10(14)6-9)12(17)16-11-2-1-3-15-7-11/h4-6,11,15H,1-3,7H2,(H,16,17). The van der Waals surface area contributed by atoms with Gasteiger partial charge in [0.25, 0.3) is 5.91 Å². The summed E-state index contributed by atoms with van der Waals surface area (Å²) in [6.07, 6.45) is 2.13. The van der Waals surface area contributed by atoms with Gasteiger partial charge in [0.15, 0.2) is 0 Å². The fourth-order valence-corrected chi connectivity index (χ4v) is 2.79. The van der Waals surface area contributed by atoms with Crippen molar-refractivity contribution < 1.29 is 4.79 Å². The van der Waals surface area contributed by atoms with Crippen molar-refractivity contribution in [2.45, 2.75) is 18.9 Å². The van der Waals surface area contributed by atoms with E-state index in [1.165, 1.54) is 0 Å². The Morgan fingerprint density at radius 1 is 1.47 bits per heavy atom. The minimum Gasteiger partial charge on any atom is -0.348 e. The van der Waals surface area contributed by atoms with Crippen molar-refractivity contribution in [2.24, 2.45) is 0 Å². The largest absolute Gasteiger partial charge is 0.348 e. The van der Waals surface area contributed by atoms with E-state index in [1.54, 1.807) is 18.2 Å². The van der Waals surface area contributed by atoms with Crippen LogP contribution in [0.25, 0.3) is 0 Å². The third-order valence-electron chi connectivity index (χ3n) is 2.76. The summed E-state index contributed by atoms with van der Waals surface area (Å²) < 4.78 is 0.817. The molecule has 1 aliphatic heterocycles. The number of halogens is 2. The predicted octanol–water partition coefficient (Wildman–Crippen LogP) is 2.58. The fourth-order valence-electron chi connectivity index (χ4n) is 1.93. The van der Waals surface area contributed by atoms with E-state index < -0.39 is 0 Å². The molecule has 0 bridgehead atoms. The van der Waals surface area contributed by atoms with Crippen molar-refractivity contribution in [1.29, 1.82) is 0 Å². The normalized spacial score (nSPS) is 20.0. The average Bonchev–Trinajstić information content (AvgIpc) is 2.29. The topological polar surface area (TPSA) is 41.1 Å². The second kappa shape index (κ2) is 5.85. The van der Waals surface area contributed by atoms with Gasteiger partial charge in [-0.15, -0.1) is 0 Å². The molecule has 1 atom stereocenters. The van der Waals surface area contributed by atoms with E-state index in [1.807, 2.05) is 0 Å². The van der Waals surface area contributed by atoms with E-state index in [4.69, 9.17) is 11.6 Å². The zero-order chi connectivity index (χ0) is 12.3. The molecule has 17 heavy (non-hydrogen) atoms. The summed E-state index contributed by atoms with van der Waals surface area (Å²) in [5.74, 6) is -0.0677. The van der Waals surface area contributed by atoms with Crippen LogP contribution in [-0.4, -0.2) is 25.0 Å². The summed E-state index contributed by atoms with van der Waals surface area (Å²) in [5.41, 5.74) is 0.593. The molecule has 1 aromatic carbocycles. The van der Waals surface area contributed by atoms with Gasteiger partial charge >= 0.3 is 0 Å². The second-order valence-electron chi connectivity index (χ2n) is 4.17. The molecule has 1 amide bonds. The van der Waals surface area contributed by atoms with Crippen LogP contribution in [0.5, 0.6) is 0 Å². The number of rotatable bonds is 2. The molecular formula is C12H14BrClN2O. The van der Waals surface area contributed by atoms with Gasteiger partial charge in [0.1, 0.15) is 0 Å². The average molecular weight is 318 g/mol. The summed E-state index contributed by atoms with van der Waals surface area (Å²) in [6, 6.07) is 5.43. The van der Waals surface area contributed by atoms with Crippen LogP contribution in [0.4, 0.5) is 0 Å². The molecule has 5 heteroatoms. The number of amides is 1. The van der Waals surface area contributed by atoms with E-state index in [0.29, 0.717) is 10.6 Å². The van der Waals surface area contributed by atoms with E-state index in [2.05, 4.69) is 26.6 Å². The van der Waals surface area contributed by atoms with Crippen molar-refractivity contribution in [3.8, 4) is 0 Å². The molecule has 3 nitrogen and oxygen atoms in total. The fraction of sp³-hybridized carbons (Fsp3) is 0.417. The molecule has 1 aromatic rings. The smallest absolute Gasteiger partial charge is 0.251 e. The van der Waals surface area contributed by atoms with Crippen molar-refractivity contribution >= 4 is 33.4 Å². The van der Waals surface area contributed by atoms with E-state index in [-0.39, 0.29) is 11.9 Å². The molecular weight excluding hydrogens is 304 g/mol. The Bertz CT molecular complexity index is 399. The second-order valence-corrected chi connectivity index (χ2v) is 5.53. The minimum absolute atomic E-state index is 0.0677. The zero-order valence-electron chi connectivity index (χ0n) is 9.30. The maximum atomic E-state index is 12.0. The first-order valence-corrected chi connectivity index (χ1v) is 6.80. The molecule has 0 radical (unpaired) electrons. The summed E-state index contributed by atoms with van der Waals surface area (Å²) >= 11 is 9.24. The lowest BCUT2D eigenvalue weighted by Gasteiger charge is -2.23. The molecule has 92 valence electrons. The highest BCUT2D eigenvalue weighted by Gasteiger charge is 2.16. The van der Waals surface area contributed by atoms with Crippen LogP contribution in [0.1, 0.15) is 23.2 Å². The molecule has 1 heterocycles. The van der Waals surface area contributed by atoms with Gasteiger partial charge < -0.3 is 10.6 Å². The van der Waals surface area contributed by atoms with Crippen molar-refractivity contribution in [2.75, 3.05) is 13.1 Å². The first-order valence-electron chi connectivity index (χ1n) is 5.63. The Morgan fingerprint density at radius 3 is 2.94 bits per heavy atom. The highest BCUT2D eigenvalue weighted by Crippen LogP contribution is 2.19. The van der Waals surface area contributed by atoms with Crippen molar-refractivity contribution in [3.05, 3.63) is 33.3 Å². The van der Waals surface area contributed by atoms with Crippen LogP contribution in [0, 0.1) is 0 Å². The summed E-state index contributed by atoms with van der Waals surface area (Å²) in [7, 11) is 0. The van der Waals surface area contributed by atoms with Gasteiger partial charge in [-0.05, 0) is 37.6 Å². The number of carbonyl (C=O) groups is 1. The number of hydrogen-bond acceptors (Lipinski definition) is 2. The number of hydrogen-bond donors (Lipinski definition) is 2. The van der Waals surface area contributed by atoms with E-state index >= 15 is 0 Å². The van der Waals surface area contributed by atoms with Crippen LogP contribution < -0.4 is 10.6 Å². The lowest BCUT2D eigenvalue weighted by atomic mass is 10.1.